The van der Waals surface area contributed by atoms with E-state index in [9.17, 15) is 13.2 Å². The highest BCUT2D eigenvalue weighted by atomic mass is 35.5. The van der Waals surface area contributed by atoms with Crippen molar-refractivity contribution in [3.05, 3.63) is 28.8 Å². The third-order valence-electron chi connectivity index (χ3n) is 2.56. The Morgan fingerprint density at radius 2 is 2.24 bits per heavy atom. The van der Waals surface area contributed by atoms with Gasteiger partial charge in [-0.2, -0.15) is 9.98 Å². The lowest BCUT2D eigenvalue weighted by Crippen LogP contribution is -2.41. The third kappa shape index (κ3) is 4.68. The predicted octanol–water partition coefficient (Wildman–Crippen LogP) is 0.980. The fourth-order valence-electron chi connectivity index (χ4n) is 1.50. The molecule has 0 aliphatic heterocycles. The van der Waals surface area contributed by atoms with E-state index in [1.807, 2.05) is 4.72 Å². The molecule has 0 bridgehead atoms. The van der Waals surface area contributed by atoms with Crippen LogP contribution in [0.25, 0.3) is 0 Å². The van der Waals surface area contributed by atoms with Crippen molar-refractivity contribution in [2.75, 3.05) is 13.7 Å². The Balaban J connectivity index is 3.10. The summed E-state index contributed by atoms with van der Waals surface area (Å²) in [5.74, 6) is -1.33. The van der Waals surface area contributed by atoms with Crippen molar-refractivity contribution in [1.82, 2.24) is 4.72 Å². The first-order chi connectivity index (χ1) is 9.81. The van der Waals surface area contributed by atoms with Crippen molar-refractivity contribution in [2.45, 2.75) is 17.4 Å². The Labute approximate surface area is 127 Å². The number of hydrogen-bond acceptors (Lipinski definition) is 5. The molecule has 1 aromatic carbocycles. The van der Waals surface area contributed by atoms with Gasteiger partial charge in [-0.25, -0.2) is 8.42 Å². The quantitative estimate of drug-likeness (QED) is 0.768. The molecule has 0 saturated heterocycles. The number of aliphatic carboxylic acids is 1. The summed E-state index contributed by atoms with van der Waals surface area (Å²) in [5, 5.41) is 17.7. The van der Waals surface area contributed by atoms with E-state index in [0.29, 0.717) is 0 Å². The summed E-state index contributed by atoms with van der Waals surface area (Å²) in [7, 11) is -2.79. The fourth-order valence-corrected chi connectivity index (χ4v) is 3.25. The van der Waals surface area contributed by atoms with Crippen LogP contribution in [0.15, 0.2) is 23.1 Å². The molecule has 0 radical (unpaired) electrons. The number of nitrogens with zero attached hydrogens (tertiary/aromatic N) is 1. The first-order valence-electron chi connectivity index (χ1n) is 5.75. The number of hydrogen-bond donors (Lipinski definition) is 2. The maximum absolute atomic E-state index is 12.2. The van der Waals surface area contributed by atoms with Crippen LogP contribution < -0.4 is 4.72 Å². The van der Waals surface area contributed by atoms with E-state index in [1.54, 1.807) is 6.07 Å². The molecule has 1 aromatic rings. The van der Waals surface area contributed by atoms with Crippen molar-refractivity contribution < 1.29 is 23.1 Å². The molecule has 9 heteroatoms. The number of carboxylic acid groups (broad SMARTS) is 1. The Kier molecular flexibility index (Phi) is 6.11. The molecular weight excluding hydrogens is 320 g/mol. The Morgan fingerprint density at radius 1 is 1.57 bits per heavy atom. The highest BCUT2D eigenvalue weighted by Crippen LogP contribution is 2.22. The van der Waals surface area contributed by atoms with Gasteiger partial charge in [-0.3, -0.25) is 4.79 Å². The lowest BCUT2D eigenvalue weighted by molar-refractivity contribution is -0.139. The number of ether oxygens (including phenoxy) is 1. The first kappa shape index (κ1) is 17.4. The second-order valence-corrected chi connectivity index (χ2v) is 6.14. The van der Waals surface area contributed by atoms with Crippen molar-refractivity contribution >= 4 is 27.6 Å². The number of rotatable bonds is 7. The molecule has 0 fully saturated rings. The molecule has 2 N–H and O–H groups in total. The fraction of sp³-hybridized carbons (Fsp3) is 0.333. The Morgan fingerprint density at radius 3 is 2.76 bits per heavy atom. The molecule has 1 atom stereocenters. The summed E-state index contributed by atoms with van der Waals surface area (Å²) in [5.41, 5.74) is 0.101. The van der Waals surface area contributed by atoms with Crippen LogP contribution in [0.5, 0.6) is 0 Å². The topological polar surface area (TPSA) is 116 Å². The van der Waals surface area contributed by atoms with Crippen molar-refractivity contribution in [2.24, 2.45) is 0 Å². The van der Waals surface area contributed by atoms with Crippen LogP contribution in [0.1, 0.15) is 12.0 Å². The predicted molar refractivity (Wildman–Crippen MR) is 74.4 cm³/mol. The monoisotopic (exact) mass is 332 g/mol. The highest BCUT2D eigenvalue weighted by Gasteiger charge is 2.27. The zero-order chi connectivity index (χ0) is 16.0. The van der Waals surface area contributed by atoms with Gasteiger partial charge in [0.2, 0.25) is 10.0 Å². The van der Waals surface area contributed by atoms with Crippen LogP contribution in [0, 0.1) is 11.3 Å². The summed E-state index contributed by atoms with van der Waals surface area (Å²) in [6.45, 7) is 0.0749. The second-order valence-electron chi connectivity index (χ2n) is 4.05. The molecule has 21 heavy (non-hydrogen) atoms. The molecule has 1 unspecified atom stereocenters. The van der Waals surface area contributed by atoms with Gasteiger partial charge in [-0.1, -0.05) is 11.6 Å². The van der Waals surface area contributed by atoms with E-state index in [0.717, 1.165) is 6.07 Å². The molecular formula is C12H13ClN2O5S. The van der Waals surface area contributed by atoms with Gasteiger partial charge >= 0.3 is 5.97 Å². The average molecular weight is 333 g/mol. The minimum absolute atomic E-state index is 0.0410. The molecule has 1 rings (SSSR count). The van der Waals surface area contributed by atoms with Crippen molar-refractivity contribution in [3.8, 4) is 6.07 Å². The number of methoxy groups -OCH3 is 1. The lowest BCUT2D eigenvalue weighted by atomic mass is 10.2. The van der Waals surface area contributed by atoms with Gasteiger partial charge in [0.1, 0.15) is 10.9 Å². The summed E-state index contributed by atoms with van der Waals surface area (Å²) >= 11 is 5.80. The molecule has 114 valence electrons. The smallest absolute Gasteiger partial charge is 0.321 e. The number of sulfonamides is 1. The summed E-state index contributed by atoms with van der Waals surface area (Å²) < 4.78 is 31.2. The largest absolute Gasteiger partial charge is 0.480 e. The van der Waals surface area contributed by atoms with E-state index < -0.39 is 22.0 Å². The number of benzene rings is 1. The minimum atomic E-state index is -4.17. The molecule has 0 heterocycles. The van der Waals surface area contributed by atoms with Gasteiger partial charge in [0, 0.05) is 13.7 Å². The van der Waals surface area contributed by atoms with Crippen LogP contribution in [0.3, 0.4) is 0 Å². The number of halogens is 1. The van der Waals surface area contributed by atoms with Crippen LogP contribution in [-0.2, 0) is 19.6 Å². The first-order valence-corrected chi connectivity index (χ1v) is 7.61. The maximum atomic E-state index is 12.2. The normalized spacial score (nSPS) is 12.6. The number of carbonyl (C=O) groups is 1. The van der Waals surface area contributed by atoms with Gasteiger partial charge < -0.3 is 9.84 Å². The van der Waals surface area contributed by atoms with Crippen molar-refractivity contribution in [3.63, 3.8) is 0 Å². The average Bonchev–Trinajstić information content (AvgIpc) is 2.43. The summed E-state index contributed by atoms with van der Waals surface area (Å²) in [6.07, 6.45) is -0.0410. The summed E-state index contributed by atoms with van der Waals surface area (Å²) in [4.78, 5) is 10.7. The minimum Gasteiger partial charge on any atom is -0.480 e. The Hall–Kier alpha value is -1.66. The van der Waals surface area contributed by atoms with Crippen LogP contribution in [0.4, 0.5) is 0 Å². The molecule has 0 aliphatic rings. The molecule has 0 aromatic heterocycles. The van der Waals surface area contributed by atoms with Crippen LogP contribution >= 0.6 is 11.6 Å². The van der Waals surface area contributed by atoms with Gasteiger partial charge in [0.25, 0.3) is 0 Å². The number of nitriles is 1. The molecule has 0 spiro atoms. The maximum Gasteiger partial charge on any atom is 0.321 e. The van der Waals surface area contributed by atoms with E-state index in [1.165, 1.54) is 19.2 Å². The standard InChI is InChI=1S/C12H13ClN2O5S/c1-20-5-4-10(12(16)17)15-21(18,19)11-6-8(7-14)2-3-9(11)13/h2-3,6,10,15H,4-5H2,1H3,(H,16,17). The van der Waals surface area contributed by atoms with E-state index in [2.05, 4.69) is 0 Å². The zero-order valence-electron chi connectivity index (χ0n) is 11.0. The van der Waals surface area contributed by atoms with Crippen LogP contribution in [-0.4, -0.2) is 39.3 Å². The SMILES string of the molecule is COCCC(NS(=O)(=O)c1cc(C#N)ccc1Cl)C(=O)O. The Bertz CT molecular complexity index is 669. The third-order valence-corrected chi connectivity index (χ3v) is 4.51. The number of carboxylic acids is 1. The van der Waals surface area contributed by atoms with Gasteiger partial charge in [-0.15, -0.1) is 0 Å². The van der Waals surface area contributed by atoms with Gasteiger partial charge in [-0.05, 0) is 24.6 Å². The molecule has 0 saturated carbocycles. The van der Waals surface area contributed by atoms with E-state index in [-0.39, 0.29) is 28.5 Å². The molecule has 7 nitrogen and oxygen atoms in total. The molecule has 0 amide bonds. The molecule has 0 aliphatic carbocycles. The zero-order valence-corrected chi connectivity index (χ0v) is 12.6. The van der Waals surface area contributed by atoms with Gasteiger partial charge in [0.05, 0.1) is 16.7 Å². The van der Waals surface area contributed by atoms with E-state index >= 15 is 0 Å². The number of nitrogens with one attached hydrogen (secondary N) is 1. The van der Waals surface area contributed by atoms with E-state index in [4.69, 9.17) is 26.7 Å². The van der Waals surface area contributed by atoms with Gasteiger partial charge in [0.15, 0.2) is 0 Å². The van der Waals surface area contributed by atoms with Crippen molar-refractivity contribution in [1.29, 1.82) is 5.26 Å². The lowest BCUT2D eigenvalue weighted by Gasteiger charge is -2.15. The summed E-state index contributed by atoms with van der Waals surface area (Å²) in [6, 6.07) is 4.15. The highest BCUT2D eigenvalue weighted by molar-refractivity contribution is 7.89. The second kappa shape index (κ2) is 7.38. The van der Waals surface area contributed by atoms with Crippen LogP contribution in [0.2, 0.25) is 5.02 Å².